The molecule has 0 aromatic heterocycles. The van der Waals surface area contributed by atoms with E-state index in [9.17, 15) is 0 Å². The van der Waals surface area contributed by atoms with Gasteiger partial charge < -0.3 is 14.9 Å². The van der Waals surface area contributed by atoms with Crippen molar-refractivity contribution in [2.45, 2.75) is 65.2 Å². The van der Waals surface area contributed by atoms with Gasteiger partial charge in [0.1, 0.15) is 34.8 Å². The SMILES string of the molecule is CCCCCCOCCCCCC.N#Cc1c(O)ccc(O)c1C#N. The number of hydrogen-bond acceptors (Lipinski definition) is 5. The van der Waals surface area contributed by atoms with E-state index in [0.717, 1.165) is 25.3 Å². The van der Waals surface area contributed by atoms with Crippen LogP contribution in [0.1, 0.15) is 76.3 Å². The number of phenolic OH excluding ortho intramolecular Hbond substituents is 2. The first-order valence-corrected chi connectivity index (χ1v) is 9.05. The number of nitrogens with zero attached hydrogens (tertiary/aromatic N) is 2. The maximum absolute atomic E-state index is 9.06. The van der Waals surface area contributed by atoms with Gasteiger partial charge in [-0.05, 0) is 25.0 Å². The molecule has 0 aliphatic carbocycles. The van der Waals surface area contributed by atoms with E-state index < -0.39 is 0 Å². The fourth-order valence-electron chi connectivity index (χ4n) is 2.17. The molecule has 2 N–H and O–H groups in total. The van der Waals surface area contributed by atoms with Crippen molar-refractivity contribution < 1.29 is 14.9 Å². The molecule has 0 spiro atoms. The minimum atomic E-state index is -0.299. The molecule has 1 aromatic rings. The minimum Gasteiger partial charge on any atom is -0.507 e. The van der Waals surface area contributed by atoms with Gasteiger partial charge >= 0.3 is 0 Å². The monoisotopic (exact) mass is 346 g/mol. The third kappa shape index (κ3) is 10.3. The van der Waals surface area contributed by atoms with Crippen LogP contribution in [0.25, 0.3) is 0 Å². The van der Waals surface area contributed by atoms with E-state index in [0.29, 0.717) is 0 Å². The lowest BCUT2D eigenvalue weighted by Crippen LogP contribution is -1.96. The molecule has 1 rings (SSSR count). The summed E-state index contributed by atoms with van der Waals surface area (Å²) in [7, 11) is 0. The summed E-state index contributed by atoms with van der Waals surface area (Å²) in [5, 5.41) is 35.1. The predicted molar refractivity (Wildman–Crippen MR) is 98.3 cm³/mol. The Balaban J connectivity index is 0.000000462. The molecule has 0 aliphatic heterocycles. The molecule has 0 saturated heterocycles. The van der Waals surface area contributed by atoms with Crippen molar-refractivity contribution in [1.29, 1.82) is 10.5 Å². The third-order valence-electron chi connectivity index (χ3n) is 3.67. The second-order valence-electron chi connectivity index (χ2n) is 5.81. The zero-order chi connectivity index (χ0) is 18.9. The van der Waals surface area contributed by atoms with Crippen LogP contribution >= 0.6 is 0 Å². The van der Waals surface area contributed by atoms with Crippen LogP contribution in [0, 0.1) is 22.7 Å². The Morgan fingerprint density at radius 1 is 0.760 bits per heavy atom. The standard InChI is InChI=1S/C12H26O.C8H4N2O2/c1-3-5-7-9-11-13-12-10-8-6-4-2;9-3-5-6(4-10)8(12)2-1-7(5)11/h3-12H2,1-2H3;1-2,11-12H. The van der Waals surface area contributed by atoms with Crippen molar-refractivity contribution >= 4 is 0 Å². The van der Waals surface area contributed by atoms with Crippen molar-refractivity contribution in [3.05, 3.63) is 23.3 Å². The van der Waals surface area contributed by atoms with Crippen LogP contribution in [0.5, 0.6) is 11.5 Å². The Labute approximate surface area is 151 Å². The van der Waals surface area contributed by atoms with Crippen LogP contribution in [0.4, 0.5) is 0 Å². The average Bonchev–Trinajstić information content (AvgIpc) is 2.62. The Kier molecular flexibility index (Phi) is 13.9. The molecule has 0 aliphatic rings. The van der Waals surface area contributed by atoms with Gasteiger partial charge in [0, 0.05) is 13.2 Å². The molecule has 0 saturated carbocycles. The summed E-state index contributed by atoms with van der Waals surface area (Å²) in [6.45, 7) is 6.44. The molecule has 0 fully saturated rings. The number of nitriles is 2. The predicted octanol–water partition coefficient (Wildman–Crippen LogP) is 5.00. The van der Waals surface area contributed by atoms with E-state index >= 15 is 0 Å². The molecule has 0 atom stereocenters. The molecular formula is C20H30N2O3. The Hall–Kier alpha value is -2.24. The largest absolute Gasteiger partial charge is 0.507 e. The summed E-state index contributed by atoms with van der Waals surface area (Å²) in [4.78, 5) is 0. The highest BCUT2D eigenvalue weighted by atomic mass is 16.5. The van der Waals surface area contributed by atoms with E-state index in [1.807, 2.05) is 0 Å². The molecule has 25 heavy (non-hydrogen) atoms. The van der Waals surface area contributed by atoms with E-state index in [-0.39, 0.29) is 22.6 Å². The molecule has 0 radical (unpaired) electrons. The van der Waals surface area contributed by atoms with Crippen LogP contribution in [-0.2, 0) is 4.74 Å². The Morgan fingerprint density at radius 3 is 1.48 bits per heavy atom. The zero-order valence-corrected chi connectivity index (χ0v) is 15.4. The average molecular weight is 346 g/mol. The molecule has 0 unspecified atom stereocenters. The van der Waals surface area contributed by atoms with Gasteiger partial charge in [-0.3, -0.25) is 0 Å². The van der Waals surface area contributed by atoms with E-state index in [4.69, 9.17) is 25.5 Å². The second-order valence-corrected chi connectivity index (χ2v) is 5.81. The summed E-state index contributed by atoms with van der Waals surface area (Å²) in [6.07, 6.45) is 10.5. The summed E-state index contributed by atoms with van der Waals surface area (Å²) in [6, 6.07) is 5.57. The molecule has 138 valence electrons. The lowest BCUT2D eigenvalue weighted by atomic mass is 10.1. The van der Waals surface area contributed by atoms with Gasteiger partial charge in [-0.15, -0.1) is 0 Å². The summed E-state index contributed by atoms with van der Waals surface area (Å²) in [5.41, 5.74) is -0.394. The number of benzene rings is 1. The molecule has 0 amide bonds. The van der Waals surface area contributed by atoms with E-state index in [2.05, 4.69) is 13.8 Å². The van der Waals surface area contributed by atoms with Gasteiger partial charge in [0.05, 0.1) is 0 Å². The van der Waals surface area contributed by atoms with Gasteiger partial charge in [0.25, 0.3) is 0 Å². The molecule has 0 heterocycles. The van der Waals surface area contributed by atoms with Crippen LogP contribution in [0.3, 0.4) is 0 Å². The maximum atomic E-state index is 9.06. The Morgan fingerprint density at radius 2 is 1.16 bits per heavy atom. The van der Waals surface area contributed by atoms with Gasteiger partial charge in [0.15, 0.2) is 0 Å². The molecular weight excluding hydrogens is 316 g/mol. The first-order valence-electron chi connectivity index (χ1n) is 9.05. The van der Waals surface area contributed by atoms with Crippen molar-refractivity contribution in [3.63, 3.8) is 0 Å². The van der Waals surface area contributed by atoms with Crippen molar-refractivity contribution in [2.24, 2.45) is 0 Å². The molecule has 5 heteroatoms. The highest BCUT2D eigenvalue weighted by Gasteiger charge is 2.10. The van der Waals surface area contributed by atoms with Gasteiger partial charge in [-0.1, -0.05) is 52.4 Å². The highest BCUT2D eigenvalue weighted by Crippen LogP contribution is 2.26. The first-order chi connectivity index (χ1) is 12.1. The quantitative estimate of drug-likeness (QED) is 0.458. The molecule has 1 aromatic carbocycles. The van der Waals surface area contributed by atoms with Crippen molar-refractivity contribution in [2.75, 3.05) is 13.2 Å². The number of hydrogen-bond donors (Lipinski definition) is 2. The fraction of sp³-hybridized carbons (Fsp3) is 0.600. The smallest absolute Gasteiger partial charge is 0.134 e. The highest BCUT2D eigenvalue weighted by molar-refractivity contribution is 5.59. The number of rotatable bonds is 10. The van der Waals surface area contributed by atoms with Gasteiger partial charge in [-0.25, -0.2) is 0 Å². The van der Waals surface area contributed by atoms with Crippen molar-refractivity contribution in [1.82, 2.24) is 0 Å². The maximum Gasteiger partial charge on any atom is 0.134 e. The number of unbranched alkanes of at least 4 members (excludes halogenated alkanes) is 6. The lowest BCUT2D eigenvalue weighted by Gasteiger charge is -2.03. The third-order valence-corrected chi connectivity index (χ3v) is 3.67. The topological polar surface area (TPSA) is 97.3 Å². The van der Waals surface area contributed by atoms with E-state index in [1.165, 1.54) is 51.4 Å². The Bertz CT molecular complexity index is 510. The number of phenols is 2. The van der Waals surface area contributed by atoms with Crippen LogP contribution in [0.2, 0.25) is 0 Å². The van der Waals surface area contributed by atoms with Crippen LogP contribution < -0.4 is 0 Å². The lowest BCUT2D eigenvalue weighted by molar-refractivity contribution is 0.126. The molecule has 5 nitrogen and oxygen atoms in total. The normalized spacial score (nSPS) is 9.60. The zero-order valence-electron chi connectivity index (χ0n) is 15.4. The second kappa shape index (κ2) is 15.3. The fourth-order valence-corrected chi connectivity index (χ4v) is 2.17. The van der Waals surface area contributed by atoms with Crippen molar-refractivity contribution in [3.8, 4) is 23.6 Å². The summed E-state index contributed by atoms with van der Waals surface area (Å²) >= 11 is 0. The van der Waals surface area contributed by atoms with Crippen LogP contribution in [0.15, 0.2) is 12.1 Å². The number of ether oxygens (including phenoxy) is 1. The van der Waals surface area contributed by atoms with Gasteiger partial charge in [-0.2, -0.15) is 10.5 Å². The summed E-state index contributed by atoms with van der Waals surface area (Å²) in [5.74, 6) is -0.598. The minimum absolute atomic E-state index is 0.197. The van der Waals surface area contributed by atoms with E-state index in [1.54, 1.807) is 12.1 Å². The summed E-state index contributed by atoms with van der Waals surface area (Å²) < 4.78 is 5.53. The van der Waals surface area contributed by atoms with Gasteiger partial charge in [0.2, 0.25) is 0 Å². The molecule has 0 bridgehead atoms. The first kappa shape index (κ1) is 22.8. The van der Waals surface area contributed by atoms with Crippen LogP contribution in [-0.4, -0.2) is 23.4 Å². The number of aromatic hydroxyl groups is 2.